The highest BCUT2D eigenvalue weighted by atomic mass is 16.5. The Kier molecular flexibility index (Phi) is 4.99. The summed E-state index contributed by atoms with van der Waals surface area (Å²) in [4.78, 5) is 0. The third-order valence-electron chi connectivity index (χ3n) is 3.88. The van der Waals surface area contributed by atoms with Gasteiger partial charge in [-0.05, 0) is 26.8 Å². The topological polar surface area (TPSA) is 39.7 Å². The summed E-state index contributed by atoms with van der Waals surface area (Å²) in [6, 6.07) is 4.12. The van der Waals surface area contributed by atoms with E-state index in [0.717, 1.165) is 35.8 Å². The quantitative estimate of drug-likeness (QED) is 0.812. The molecule has 0 saturated carbocycles. The lowest BCUT2D eigenvalue weighted by molar-refractivity contribution is 0.0644. The molecular formula is C17H27NO3. The van der Waals surface area contributed by atoms with Crippen LogP contribution in [-0.2, 0) is 0 Å². The molecule has 2 rings (SSSR count). The normalized spacial score (nSPS) is 19.6. The van der Waals surface area contributed by atoms with Gasteiger partial charge in [0.15, 0.2) is 0 Å². The van der Waals surface area contributed by atoms with Gasteiger partial charge in [-0.1, -0.05) is 13.3 Å². The molecule has 0 fully saturated rings. The fourth-order valence-electron chi connectivity index (χ4n) is 2.85. The van der Waals surface area contributed by atoms with E-state index in [1.165, 1.54) is 12.8 Å². The summed E-state index contributed by atoms with van der Waals surface area (Å²) in [5, 5.41) is 3.65. The second kappa shape index (κ2) is 6.56. The Labute approximate surface area is 127 Å². The van der Waals surface area contributed by atoms with Crippen molar-refractivity contribution in [3.63, 3.8) is 0 Å². The molecule has 1 heterocycles. The maximum atomic E-state index is 6.14. The van der Waals surface area contributed by atoms with Gasteiger partial charge in [-0.2, -0.15) is 0 Å². The molecule has 0 spiro atoms. The third kappa shape index (κ3) is 3.62. The van der Waals surface area contributed by atoms with Gasteiger partial charge in [0.2, 0.25) is 0 Å². The number of hydrogen-bond donors (Lipinski definition) is 1. The summed E-state index contributed by atoms with van der Waals surface area (Å²) in [5.74, 6) is 2.45. The van der Waals surface area contributed by atoms with Crippen LogP contribution < -0.4 is 19.5 Å². The maximum Gasteiger partial charge on any atom is 0.132 e. The first-order valence-corrected chi connectivity index (χ1v) is 7.69. The van der Waals surface area contributed by atoms with E-state index < -0.39 is 0 Å². The highest BCUT2D eigenvalue weighted by Crippen LogP contribution is 2.46. The fourth-order valence-corrected chi connectivity index (χ4v) is 2.85. The van der Waals surface area contributed by atoms with Crippen LogP contribution in [-0.4, -0.2) is 26.4 Å². The smallest absolute Gasteiger partial charge is 0.132 e. The summed E-state index contributed by atoms with van der Waals surface area (Å²) in [6.07, 6.45) is 3.28. The Bertz CT molecular complexity index is 485. The van der Waals surface area contributed by atoms with Crippen molar-refractivity contribution in [1.82, 2.24) is 5.32 Å². The van der Waals surface area contributed by atoms with Gasteiger partial charge in [0.25, 0.3) is 0 Å². The summed E-state index contributed by atoms with van der Waals surface area (Å²) in [5.41, 5.74) is 0.905. The van der Waals surface area contributed by atoms with Crippen LogP contribution in [0.15, 0.2) is 12.1 Å². The molecule has 0 aliphatic carbocycles. The minimum absolute atomic E-state index is 0.200. The molecule has 0 aromatic heterocycles. The highest BCUT2D eigenvalue weighted by Gasteiger charge is 2.36. The minimum Gasteiger partial charge on any atom is -0.496 e. The molecule has 1 atom stereocenters. The molecule has 0 bridgehead atoms. The summed E-state index contributed by atoms with van der Waals surface area (Å²) in [6.45, 7) is 7.45. The van der Waals surface area contributed by atoms with Gasteiger partial charge in [0, 0.05) is 24.6 Å². The predicted octanol–water partition coefficient (Wildman–Crippen LogP) is 3.70. The number of hydrogen-bond acceptors (Lipinski definition) is 4. The van der Waals surface area contributed by atoms with Crippen molar-refractivity contribution in [2.75, 3.05) is 20.8 Å². The molecule has 1 aliphatic rings. The van der Waals surface area contributed by atoms with Crippen LogP contribution in [0, 0.1) is 0 Å². The first-order chi connectivity index (χ1) is 10.0. The van der Waals surface area contributed by atoms with Gasteiger partial charge in [-0.15, -0.1) is 0 Å². The van der Waals surface area contributed by atoms with E-state index in [4.69, 9.17) is 14.2 Å². The molecule has 0 radical (unpaired) electrons. The number of nitrogens with one attached hydrogen (secondary N) is 1. The lowest BCUT2D eigenvalue weighted by Gasteiger charge is -2.38. The fraction of sp³-hybridized carbons (Fsp3) is 0.647. The number of fused-ring (bicyclic) bond motifs is 1. The van der Waals surface area contributed by atoms with Gasteiger partial charge in [-0.25, -0.2) is 0 Å². The zero-order valence-corrected chi connectivity index (χ0v) is 13.8. The average Bonchev–Trinajstić information content (AvgIpc) is 2.44. The first kappa shape index (κ1) is 16.0. The van der Waals surface area contributed by atoms with Crippen molar-refractivity contribution in [3.05, 3.63) is 17.7 Å². The predicted molar refractivity (Wildman–Crippen MR) is 84.5 cm³/mol. The van der Waals surface area contributed by atoms with E-state index in [1.807, 2.05) is 12.1 Å². The molecule has 1 unspecified atom stereocenters. The van der Waals surface area contributed by atoms with Crippen molar-refractivity contribution < 1.29 is 14.2 Å². The highest BCUT2D eigenvalue weighted by molar-refractivity contribution is 5.53. The van der Waals surface area contributed by atoms with Gasteiger partial charge in [0.05, 0.1) is 19.8 Å². The summed E-state index contributed by atoms with van der Waals surface area (Å²) < 4.78 is 17.0. The maximum absolute atomic E-state index is 6.14. The van der Waals surface area contributed by atoms with Gasteiger partial charge in [0.1, 0.15) is 22.8 Å². The molecule has 1 aromatic rings. The summed E-state index contributed by atoms with van der Waals surface area (Å²) in [7, 11) is 3.35. The van der Waals surface area contributed by atoms with Gasteiger partial charge >= 0.3 is 0 Å². The number of ether oxygens (including phenoxy) is 3. The van der Waals surface area contributed by atoms with Crippen molar-refractivity contribution >= 4 is 0 Å². The first-order valence-electron chi connectivity index (χ1n) is 7.69. The molecule has 0 amide bonds. The molecule has 118 valence electrons. The Morgan fingerprint density at radius 2 is 2.05 bits per heavy atom. The minimum atomic E-state index is -0.200. The SMILES string of the molecule is CCCCNC1CC(C)(C)Oc2cc(OC)cc(OC)c21. The number of methoxy groups -OCH3 is 2. The van der Waals surface area contributed by atoms with Crippen LogP contribution in [0.1, 0.15) is 51.6 Å². The van der Waals surface area contributed by atoms with Crippen LogP contribution in [0.2, 0.25) is 0 Å². The molecule has 21 heavy (non-hydrogen) atoms. The molecule has 1 aromatic carbocycles. The Morgan fingerprint density at radius 3 is 2.67 bits per heavy atom. The van der Waals surface area contributed by atoms with Crippen molar-refractivity contribution in [1.29, 1.82) is 0 Å². The van der Waals surface area contributed by atoms with Gasteiger partial charge < -0.3 is 19.5 Å². The number of benzene rings is 1. The average molecular weight is 293 g/mol. The van der Waals surface area contributed by atoms with Crippen LogP contribution in [0.3, 0.4) is 0 Å². The van der Waals surface area contributed by atoms with Gasteiger partial charge in [-0.3, -0.25) is 0 Å². The molecule has 4 nitrogen and oxygen atoms in total. The molecule has 4 heteroatoms. The monoisotopic (exact) mass is 293 g/mol. The standard InChI is InChI=1S/C17H27NO3/c1-6-7-8-18-13-11-17(2,3)21-15-10-12(19-4)9-14(20-5)16(13)15/h9-10,13,18H,6-8,11H2,1-5H3. The van der Waals surface area contributed by atoms with E-state index in [9.17, 15) is 0 Å². The molecule has 0 saturated heterocycles. The lowest BCUT2D eigenvalue weighted by Crippen LogP contribution is -2.40. The number of rotatable bonds is 6. The Balaban J connectivity index is 2.37. The molecule has 1 aliphatic heterocycles. The van der Waals surface area contributed by atoms with Crippen molar-refractivity contribution in [3.8, 4) is 17.2 Å². The van der Waals surface area contributed by atoms with Crippen LogP contribution >= 0.6 is 0 Å². The molecule has 1 N–H and O–H groups in total. The van der Waals surface area contributed by atoms with E-state index in [0.29, 0.717) is 0 Å². The second-order valence-corrected chi connectivity index (χ2v) is 6.17. The summed E-state index contributed by atoms with van der Waals surface area (Å²) >= 11 is 0. The van der Waals surface area contributed by atoms with Crippen molar-refractivity contribution in [2.24, 2.45) is 0 Å². The zero-order valence-electron chi connectivity index (χ0n) is 13.8. The Morgan fingerprint density at radius 1 is 1.29 bits per heavy atom. The Hall–Kier alpha value is -1.42. The third-order valence-corrected chi connectivity index (χ3v) is 3.88. The molecular weight excluding hydrogens is 266 g/mol. The second-order valence-electron chi connectivity index (χ2n) is 6.17. The van der Waals surface area contributed by atoms with Crippen molar-refractivity contribution in [2.45, 2.75) is 51.7 Å². The zero-order chi connectivity index (χ0) is 15.5. The van der Waals surface area contributed by atoms with Crippen LogP contribution in [0.25, 0.3) is 0 Å². The van der Waals surface area contributed by atoms with E-state index in [-0.39, 0.29) is 11.6 Å². The van der Waals surface area contributed by atoms with E-state index in [2.05, 4.69) is 26.1 Å². The lowest BCUT2D eigenvalue weighted by atomic mass is 9.89. The van der Waals surface area contributed by atoms with E-state index in [1.54, 1.807) is 14.2 Å². The number of unbranched alkanes of at least 4 members (excludes halogenated alkanes) is 1. The van der Waals surface area contributed by atoms with Crippen LogP contribution in [0.5, 0.6) is 17.2 Å². The van der Waals surface area contributed by atoms with E-state index >= 15 is 0 Å². The largest absolute Gasteiger partial charge is 0.496 e. The van der Waals surface area contributed by atoms with Crippen LogP contribution in [0.4, 0.5) is 0 Å².